The molecule has 0 heterocycles. The predicted molar refractivity (Wildman–Crippen MR) is 81.7 cm³/mol. The maximum atomic E-state index is 13.6. The quantitative estimate of drug-likeness (QED) is 0.813. The zero-order valence-electron chi connectivity index (χ0n) is 13.4. The van der Waals surface area contributed by atoms with Gasteiger partial charge in [0.15, 0.2) is 6.10 Å². The van der Waals surface area contributed by atoms with E-state index in [1.807, 2.05) is 27.7 Å². The minimum atomic E-state index is -0.667. The molecule has 0 aliphatic heterocycles. The van der Waals surface area contributed by atoms with Gasteiger partial charge in [-0.1, -0.05) is 13.8 Å². The number of rotatable bonds is 7. The first-order valence-electron chi connectivity index (χ1n) is 7.27. The van der Waals surface area contributed by atoms with Crippen LogP contribution < -0.4 is 15.4 Å². The van der Waals surface area contributed by atoms with E-state index in [0.717, 1.165) is 5.56 Å². The van der Waals surface area contributed by atoms with E-state index in [9.17, 15) is 9.18 Å². The topological polar surface area (TPSA) is 50.4 Å². The molecule has 0 saturated heterocycles. The fourth-order valence-electron chi connectivity index (χ4n) is 1.77. The fourth-order valence-corrected chi connectivity index (χ4v) is 1.77. The van der Waals surface area contributed by atoms with E-state index in [1.165, 1.54) is 12.1 Å². The van der Waals surface area contributed by atoms with Crippen LogP contribution in [0, 0.1) is 5.82 Å². The number of hydrogen-bond donors (Lipinski definition) is 2. The molecule has 1 atom stereocenters. The Labute approximate surface area is 126 Å². The van der Waals surface area contributed by atoms with Crippen LogP contribution in [0.1, 0.15) is 40.2 Å². The van der Waals surface area contributed by atoms with E-state index in [1.54, 1.807) is 13.0 Å². The molecule has 0 aromatic heterocycles. The summed E-state index contributed by atoms with van der Waals surface area (Å²) in [5, 5.41) is 5.98. The van der Waals surface area contributed by atoms with E-state index in [-0.39, 0.29) is 17.8 Å². The minimum Gasteiger partial charge on any atom is -0.481 e. The van der Waals surface area contributed by atoms with Crippen LogP contribution >= 0.6 is 0 Å². The third kappa shape index (κ3) is 6.58. The van der Waals surface area contributed by atoms with E-state index >= 15 is 0 Å². The number of carbonyl (C=O) groups is 1. The highest BCUT2D eigenvalue weighted by Crippen LogP contribution is 2.18. The van der Waals surface area contributed by atoms with Gasteiger partial charge in [0.05, 0.1) is 0 Å². The average Bonchev–Trinajstić information content (AvgIpc) is 2.34. The normalized spacial score (nSPS) is 12.6. The molecule has 2 N–H and O–H groups in total. The summed E-state index contributed by atoms with van der Waals surface area (Å²) in [6.45, 7) is 10.0. The Hall–Kier alpha value is -1.62. The Morgan fingerprint density at radius 1 is 1.14 bits per heavy atom. The van der Waals surface area contributed by atoms with Crippen LogP contribution in [0.25, 0.3) is 0 Å². The second-order valence-electron chi connectivity index (χ2n) is 5.75. The molecule has 1 aromatic rings. The van der Waals surface area contributed by atoms with Crippen LogP contribution in [-0.4, -0.2) is 24.1 Å². The summed E-state index contributed by atoms with van der Waals surface area (Å²) < 4.78 is 19.1. The van der Waals surface area contributed by atoms with E-state index in [4.69, 9.17) is 4.74 Å². The molecule has 1 amide bonds. The number of ether oxygens (including phenoxy) is 1. The molecule has 0 saturated carbocycles. The number of halogens is 1. The molecule has 5 heteroatoms. The molecule has 1 aromatic carbocycles. The van der Waals surface area contributed by atoms with Gasteiger partial charge in [0.2, 0.25) is 0 Å². The Bertz CT molecular complexity index is 475. The van der Waals surface area contributed by atoms with Crippen LogP contribution in [-0.2, 0) is 11.3 Å². The van der Waals surface area contributed by atoms with E-state index in [0.29, 0.717) is 18.3 Å². The summed E-state index contributed by atoms with van der Waals surface area (Å²) in [4.78, 5) is 11.8. The maximum Gasteiger partial charge on any atom is 0.260 e. The summed E-state index contributed by atoms with van der Waals surface area (Å²) in [5.74, 6) is -0.220. The first-order valence-corrected chi connectivity index (χ1v) is 7.27. The lowest BCUT2D eigenvalue weighted by molar-refractivity contribution is -0.127. The van der Waals surface area contributed by atoms with Crippen molar-refractivity contribution in [2.24, 2.45) is 0 Å². The molecule has 118 valence electrons. The largest absolute Gasteiger partial charge is 0.481 e. The number of hydrogen-bond acceptors (Lipinski definition) is 3. The Morgan fingerprint density at radius 2 is 1.81 bits per heavy atom. The van der Waals surface area contributed by atoms with Gasteiger partial charge in [0.1, 0.15) is 11.6 Å². The van der Waals surface area contributed by atoms with Crippen molar-refractivity contribution in [3.63, 3.8) is 0 Å². The average molecular weight is 296 g/mol. The maximum absolute atomic E-state index is 13.6. The second kappa shape index (κ2) is 7.98. The highest BCUT2D eigenvalue weighted by molar-refractivity contribution is 5.80. The summed E-state index contributed by atoms with van der Waals surface area (Å²) in [6, 6.07) is 4.85. The molecule has 4 nitrogen and oxygen atoms in total. The van der Waals surface area contributed by atoms with Crippen molar-refractivity contribution in [3.05, 3.63) is 29.6 Å². The van der Waals surface area contributed by atoms with Crippen LogP contribution in [0.3, 0.4) is 0 Å². The number of amides is 1. The standard InChI is InChI=1S/C16H25FN2O2/c1-10(2)18-9-13-6-14(17)8-15(7-13)21-12(5)16(20)19-11(3)4/h6-8,10-12,18H,9H2,1-5H3,(H,19,20). The van der Waals surface area contributed by atoms with Gasteiger partial charge in [0, 0.05) is 24.7 Å². The number of nitrogens with one attached hydrogen (secondary N) is 2. The zero-order valence-corrected chi connectivity index (χ0v) is 13.4. The SMILES string of the molecule is CC(C)NCc1cc(F)cc(OC(C)C(=O)NC(C)C)c1. The predicted octanol–water partition coefficient (Wildman–Crippen LogP) is 2.62. The molecule has 0 radical (unpaired) electrons. The molecule has 0 fully saturated rings. The van der Waals surface area contributed by atoms with Crippen molar-refractivity contribution in [2.75, 3.05) is 0 Å². The van der Waals surface area contributed by atoms with Gasteiger partial charge in [-0.15, -0.1) is 0 Å². The van der Waals surface area contributed by atoms with Gasteiger partial charge in [-0.2, -0.15) is 0 Å². The summed E-state index contributed by atoms with van der Waals surface area (Å²) >= 11 is 0. The van der Waals surface area contributed by atoms with Crippen molar-refractivity contribution < 1.29 is 13.9 Å². The molecular formula is C16H25FN2O2. The Morgan fingerprint density at radius 3 is 2.38 bits per heavy atom. The molecule has 0 aliphatic rings. The lowest BCUT2D eigenvalue weighted by Crippen LogP contribution is -2.40. The highest BCUT2D eigenvalue weighted by Gasteiger charge is 2.16. The van der Waals surface area contributed by atoms with Gasteiger partial charge >= 0.3 is 0 Å². The van der Waals surface area contributed by atoms with E-state index < -0.39 is 6.10 Å². The van der Waals surface area contributed by atoms with Gasteiger partial charge in [0.25, 0.3) is 5.91 Å². The first kappa shape index (κ1) is 17.4. The zero-order chi connectivity index (χ0) is 16.0. The second-order valence-corrected chi connectivity index (χ2v) is 5.75. The number of benzene rings is 1. The molecule has 0 spiro atoms. The van der Waals surface area contributed by atoms with Crippen LogP contribution in [0.4, 0.5) is 4.39 Å². The molecular weight excluding hydrogens is 271 g/mol. The van der Waals surface area contributed by atoms with Crippen LogP contribution in [0.2, 0.25) is 0 Å². The Balaban J connectivity index is 2.72. The smallest absolute Gasteiger partial charge is 0.260 e. The lowest BCUT2D eigenvalue weighted by atomic mass is 10.2. The van der Waals surface area contributed by atoms with Gasteiger partial charge in [-0.3, -0.25) is 4.79 Å². The van der Waals surface area contributed by atoms with Gasteiger partial charge in [-0.25, -0.2) is 4.39 Å². The highest BCUT2D eigenvalue weighted by atomic mass is 19.1. The third-order valence-corrected chi connectivity index (χ3v) is 2.76. The molecule has 1 rings (SSSR count). The van der Waals surface area contributed by atoms with Crippen molar-refractivity contribution in [1.29, 1.82) is 0 Å². The molecule has 0 aliphatic carbocycles. The molecule has 0 bridgehead atoms. The summed E-state index contributed by atoms with van der Waals surface area (Å²) in [6.07, 6.45) is -0.667. The van der Waals surface area contributed by atoms with Crippen molar-refractivity contribution in [3.8, 4) is 5.75 Å². The summed E-state index contributed by atoms with van der Waals surface area (Å²) in [5.41, 5.74) is 0.787. The van der Waals surface area contributed by atoms with Gasteiger partial charge in [-0.05, 0) is 38.5 Å². The lowest BCUT2D eigenvalue weighted by Gasteiger charge is -2.17. The molecule has 21 heavy (non-hydrogen) atoms. The van der Waals surface area contributed by atoms with Crippen molar-refractivity contribution >= 4 is 5.91 Å². The Kier molecular flexibility index (Phi) is 6.62. The monoisotopic (exact) mass is 296 g/mol. The van der Waals surface area contributed by atoms with Crippen molar-refractivity contribution in [2.45, 2.75) is 59.4 Å². The molecule has 1 unspecified atom stereocenters. The fraction of sp³-hybridized carbons (Fsp3) is 0.562. The number of carbonyl (C=O) groups excluding carboxylic acids is 1. The van der Waals surface area contributed by atoms with Crippen LogP contribution in [0.5, 0.6) is 5.75 Å². The van der Waals surface area contributed by atoms with Crippen molar-refractivity contribution in [1.82, 2.24) is 10.6 Å². The van der Waals surface area contributed by atoms with Crippen LogP contribution in [0.15, 0.2) is 18.2 Å². The van der Waals surface area contributed by atoms with Gasteiger partial charge < -0.3 is 15.4 Å². The summed E-state index contributed by atoms with van der Waals surface area (Å²) in [7, 11) is 0. The van der Waals surface area contributed by atoms with E-state index in [2.05, 4.69) is 10.6 Å². The first-order chi connectivity index (χ1) is 9.77. The third-order valence-electron chi connectivity index (χ3n) is 2.76. The minimum absolute atomic E-state index is 0.0434.